The van der Waals surface area contributed by atoms with Crippen molar-refractivity contribution in [2.75, 3.05) is 19.8 Å². The Kier molecular flexibility index (Phi) is 6.12. The predicted molar refractivity (Wildman–Crippen MR) is 109 cm³/mol. The van der Waals surface area contributed by atoms with Crippen molar-refractivity contribution in [2.45, 2.75) is 70.5 Å². The third kappa shape index (κ3) is 4.64. The predicted octanol–water partition coefficient (Wildman–Crippen LogP) is 4.86. The van der Waals surface area contributed by atoms with Crippen LogP contribution in [-0.2, 0) is 9.57 Å². The van der Waals surface area contributed by atoms with Crippen LogP contribution in [-0.4, -0.2) is 31.5 Å². The van der Waals surface area contributed by atoms with Gasteiger partial charge in [-0.2, -0.15) is 0 Å². The lowest BCUT2D eigenvalue weighted by atomic mass is 10.0. The Morgan fingerprint density at radius 3 is 2.68 bits per heavy atom. The van der Waals surface area contributed by atoms with Crippen molar-refractivity contribution in [2.24, 2.45) is 5.92 Å². The summed E-state index contributed by atoms with van der Waals surface area (Å²) in [6, 6.07) is 6.20. The van der Waals surface area contributed by atoms with Gasteiger partial charge in [0.05, 0.1) is 25.0 Å². The minimum absolute atomic E-state index is 0.274. The zero-order chi connectivity index (χ0) is 19.4. The summed E-state index contributed by atoms with van der Waals surface area (Å²) in [6.45, 7) is 6.35. The van der Waals surface area contributed by atoms with E-state index in [1.165, 1.54) is 25.7 Å². The van der Waals surface area contributed by atoms with Crippen LogP contribution in [0.5, 0.6) is 11.5 Å². The van der Waals surface area contributed by atoms with E-state index < -0.39 is 0 Å². The second-order valence-electron chi connectivity index (χ2n) is 8.73. The first kappa shape index (κ1) is 19.6. The quantitative estimate of drug-likeness (QED) is 0.707. The Morgan fingerprint density at radius 1 is 1.14 bits per heavy atom. The van der Waals surface area contributed by atoms with Gasteiger partial charge in [-0.3, -0.25) is 10.3 Å². The van der Waals surface area contributed by atoms with Crippen LogP contribution in [0, 0.1) is 5.92 Å². The lowest BCUT2D eigenvalue weighted by Crippen LogP contribution is -2.29. The lowest BCUT2D eigenvalue weighted by Gasteiger charge is -2.21. The average Bonchev–Trinajstić information content (AvgIpc) is 3.25. The summed E-state index contributed by atoms with van der Waals surface area (Å²) >= 11 is 0. The van der Waals surface area contributed by atoms with Crippen molar-refractivity contribution < 1.29 is 19.0 Å². The van der Waals surface area contributed by atoms with Crippen molar-refractivity contribution in [3.05, 3.63) is 29.8 Å². The van der Waals surface area contributed by atoms with Gasteiger partial charge in [-0.05, 0) is 55.9 Å². The number of ether oxygens (including phenoxy) is 3. The monoisotopic (exact) mass is 387 g/mol. The molecule has 2 heterocycles. The summed E-state index contributed by atoms with van der Waals surface area (Å²) in [6.07, 6.45) is 10.7. The van der Waals surface area contributed by atoms with Crippen molar-refractivity contribution in [1.82, 2.24) is 5.48 Å². The summed E-state index contributed by atoms with van der Waals surface area (Å²) < 4.78 is 18.1. The van der Waals surface area contributed by atoms with E-state index in [2.05, 4.69) is 37.5 Å². The Morgan fingerprint density at radius 2 is 1.96 bits per heavy atom. The van der Waals surface area contributed by atoms with Crippen LogP contribution in [0.25, 0.3) is 5.70 Å². The van der Waals surface area contributed by atoms with Gasteiger partial charge in [-0.25, -0.2) is 0 Å². The molecule has 1 saturated heterocycles. The van der Waals surface area contributed by atoms with Crippen LogP contribution in [0.4, 0.5) is 0 Å². The molecule has 1 saturated carbocycles. The van der Waals surface area contributed by atoms with Gasteiger partial charge in [0, 0.05) is 18.6 Å². The smallest absolute Gasteiger partial charge is 0.162 e. The Bertz CT molecular complexity index is 686. The summed E-state index contributed by atoms with van der Waals surface area (Å²) in [5.41, 5.74) is 4.81. The van der Waals surface area contributed by atoms with Crippen molar-refractivity contribution in [1.29, 1.82) is 0 Å². The third-order valence-electron chi connectivity index (χ3n) is 5.71. The van der Waals surface area contributed by atoms with Crippen molar-refractivity contribution in [3.63, 3.8) is 0 Å². The molecule has 3 aliphatic rings. The van der Waals surface area contributed by atoms with E-state index in [9.17, 15) is 0 Å². The van der Waals surface area contributed by atoms with Gasteiger partial charge in [0.25, 0.3) is 0 Å². The molecule has 1 spiro atoms. The minimum Gasteiger partial charge on any atom is -0.489 e. The van der Waals surface area contributed by atoms with E-state index in [0.29, 0.717) is 19.1 Å². The maximum Gasteiger partial charge on any atom is 0.162 e. The molecule has 1 aliphatic carbocycles. The molecule has 28 heavy (non-hydrogen) atoms. The average molecular weight is 388 g/mol. The molecule has 2 aliphatic heterocycles. The molecule has 5 nitrogen and oxygen atoms in total. The first-order valence-electron chi connectivity index (χ1n) is 10.8. The molecule has 0 bridgehead atoms. The lowest BCUT2D eigenvalue weighted by molar-refractivity contribution is -0.0373. The van der Waals surface area contributed by atoms with E-state index in [1.54, 1.807) is 0 Å². The standard InChI is InChI=1S/C23H33NO4/c1-17(2)15-26-21-10-9-18(20-14-23(28-24-20)11-12-25-16-23)13-22(21)27-19-7-5-3-4-6-8-19/h9-10,13-14,17,19,24H,3-8,11-12,15-16H2,1-2H3. The number of benzene rings is 1. The Hall–Kier alpha value is -1.72. The Balaban J connectivity index is 1.56. The van der Waals surface area contributed by atoms with Crippen LogP contribution < -0.4 is 15.0 Å². The van der Waals surface area contributed by atoms with Gasteiger partial charge >= 0.3 is 0 Å². The maximum atomic E-state index is 6.47. The van der Waals surface area contributed by atoms with E-state index in [1.807, 2.05) is 6.07 Å². The number of nitrogens with one attached hydrogen (secondary N) is 1. The van der Waals surface area contributed by atoms with Gasteiger partial charge in [-0.1, -0.05) is 26.7 Å². The van der Waals surface area contributed by atoms with E-state index in [-0.39, 0.29) is 11.7 Å². The maximum absolute atomic E-state index is 6.47. The molecule has 154 valence electrons. The van der Waals surface area contributed by atoms with Crippen LogP contribution in [0.3, 0.4) is 0 Å². The van der Waals surface area contributed by atoms with Gasteiger partial charge < -0.3 is 14.2 Å². The fourth-order valence-corrected chi connectivity index (χ4v) is 4.06. The van der Waals surface area contributed by atoms with Crippen LogP contribution in [0.1, 0.15) is 64.4 Å². The largest absolute Gasteiger partial charge is 0.489 e. The number of hydrogen-bond donors (Lipinski definition) is 1. The molecule has 1 N–H and O–H groups in total. The van der Waals surface area contributed by atoms with E-state index in [0.717, 1.165) is 48.6 Å². The molecule has 1 aromatic rings. The molecular formula is C23H33NO4. The molecular weight excluding hydrogens is 354 g/mol. The van der Waals surface area contributed by atoms with Gasteiger partial charge in [0.1, 0.15) is 5.60 Å². The molecule has 4 rings (SSSR count). The summed E-state index contributed by atoms with van der Waals surface area (Å²) in [4.78, 5) is 5.84. The summed E-state index contributed by atoms with van der Waals surface area (Å²) in [5.74, 6) is 2.15. The first-order valence-corrected chi connectivity index (χ1v) is 10.8. The topological polar surface area (TPSA) is 49.0 Å². The SMILES string of the molecule is CC(C)COc1ccc(C2=CC3(CCOC3)ON2)cc1OC1CCCCCC1. The fraction of sp³-hybridized carbons (Fsp3) is 0.652. The fourth-order valence-electron chi connectivity index (χ4n) is 4.06. The zero-order valence-corrected chi connectivity index (χ0v) is 17.2. The number of hydrogen-bond acceptors (Lipinski definition) is 5. The molecule has 5 heteroatoms. The normalized spacial score (nSPS) is 25.6. The highest BCUT2D eigenvalue weighted by atomic mass is 16.7. The van der Waals surface area contributed by atoms with Gasteiger partial charge in [0.15, 0.2) is 11.5 Å². The molecule has 1 aromatic carbocycles. The third-order valence-corrected chi connectivity index (χ3v) is 5.71. The number of hydroxylamine groups is 1. The summed E-state index contributed by atoms with van der Waals surface area (Å²) in [7, 11) is 0. The van der Waals surface area contributed by atoms with Gasteiger partial charge in [0.2, 0.25) is 0 Å². The zero-order valence-electron chi connectivity index (χ0n) is 17.2. The van der Waals surface area contributed by atoms with Gasteiger partial charge in [-0.15, -0.1) is 0 Å². The second-order valence-corrected chi connectivity index (χ2v) is 8.73. The second kappa shape index (κ2) is 8.75. The van der Waals surface area contributed by atoms with Crippen LogP contribution in [0.15, 0.2) is 24.3 Å². The molecule has 0 amide bonds. The highest BCUT2D eigenvalue weighted by Crippen LogP contribution is 2.37. The Labute approximate surface area is 168 Å². The number of rotatable bonds is 6. The van der Waals surface area contributed by atoms with E-state index >= 15 is 0 Å². The minimum atomic E-state index is -0.329. The van der Waals surface area contributed by atoms with Crippen LogP contribution in [0.2, 0.25) is 0 Å². The van der Waals surface area contributed by atoms with E-state index in [4.69, 9.17) is 19.0 Å². The first-order chi connectivity index (χ1) is 13.6. The van der Waals surface area contributed by atoms with Crippen molar-refractivity contribution >= 4 is 5.70 Å². The molecule has 0 radical (unpaired) electrons. The molecule has 1 unspecified atom stereocenters. The highest BCUT2D eigenvalue weighted by Gasteiger charge is 2.39. The molecule has 2 fully saturated rings. The summed E-state index contributed by atoms with van der Waals surface area (Å²) in [5, 5.41) is 0. The van der Waals surface area contributed by atoms with Crippen LogP contribution >= 0.6 is 0 Å². The molecule has 1 atom stereocenters. The molecule has 0 aromatic heterocycles. The highest BCUT2D eigenvalue weighted by molar-refractivity contribution is 5.68. The van der Waals surface area contributed by atoms with Crippen molar-refractivity contribution in [3.8, 4) is 11.5 Å².